The van der Waals surface area contributed by atoms with Crippen LogP contribution in [0.3, 0.4) is 0 Å². The van der Waals surface area contributed by atoms with Crippen molar-refractivity contribution < 1.29 is 9.53 Å². The van der Waals surface area contributed by atoms with Crippen molar-refractivity contribution in [2.75, 3.05) is 25.1 Å². The molecule has 5 rings (SSSR count). The molecule has 1 amide bonds. The number of aryl methyl sites for hydroxylation is 1. The highest BCUT2D eigenvalue weighted by molar-refractivity contribution is 6.30. The smallest absolute Gasteiger partial charge is 0.414 e. The molecule has 2 aliphatic heterocycles. The van der Waals surface area contributed by atoms with Gasteiger partial charge in [-0.2, -0.15) is 5.10 Å². The fourth-order valence-corrected chi connectivity index (χ4v) is 5.74. The number of amides is 1. The Hall–Kier alpha value is -2.58. The summed E-state index contributed by atoms with van der Waals surface area (Å²) in [6.45, 7) is 7.04. The third-order valence-electron chi connectivity index (χ3n) is 7.27. The van der Waals surface area contributed by atoms with Crippen LogP contribution in [0.2, 0.25) is 5.02 Å². The second-order valence-corrected chi connectivity index (χ2v) is 10.1. The van der Waals surface area contributed by atoms with Gasteiger partial charge in [-0.25, -0.2) is 9.78 Å². The summed E-state index contributed by atoms with van der Waals surface area (Å²) in [6.07, 6.45) is 8.34. The van der Waals surface area contributed by atoms with E-state index in [1.54, 1.807) is 11.1 Å². The minimum absolute atomic E-state index is 0.0929. The van der Waals surface area contributed by atoms with Crippen LogP contribution in [0.5, 0.6) is 0 Å². The maximum Gasteiger partial charge on any atom is 0.414 e. The molecule has 2 aliphatic rings. The Morgan fingerprint density at radius 2 is 2.15 bits per heavy atom. The fourth-order valence-electron chi connectivity index (χ4n) is 5.58. The van der Waals surface area contributed by atoms with E-state index >= 15 is 0 Å². The van der Waals surface area contributed by atoms with E-state index < -0.39 is 0 Å². The van der Waals surface area contributed by atoms with Gasteiger partial charge in [0.25, 0.3) is 0 Å². The van der Waals surface area contributed by atoms with Crippen LogP contribution in [-0.2, 0) is 17.7 Å². The summed E-state index contributed by atoms with van der Waals surface area (Å²) in [7, 11) is 1.44. The number of halogens is 1. The second-order valence-electron chi connectivity index (χ2n) is 9.62. The van der Waals surface area contributed by atoms with E-state index in [9.17, 15) is 4.79 Å². The molecule has 4 heterocycles. The summed E-state index contributed by atoms with van der Waals surface area (Å²) in [6, 6.07) is 4.71. The Bertz CT molecular complexity index is 1180. The Morgan fingerprint density at radius 3 is 2.91 bits per heavy atom. The first-order chi connectivity index (χ1) is 16.5. The molecule has 0 saturated carbocycles. The third-order valence-corrected chi connectivity index (χ3v) is 7.46. The van der Waals surface area contributed by atoms with Gasteiger partial charge in [0.05, 0.1) is 41.6 Å². The Labute approximate surface area is 205 Å². The number of benzene rings is 1. The van der Waals surface area contributed by atoms with Crippen LogP contribution < -0.4 is 10.2 Å². The largest absolute Gasteiger partial charge is 0.452 e. The molecule has 2 aromatic heterocycles. The van der Waals surface area contributed by atoms with Gasteiger partial charge in [-0.15, -0.1) is 0 Å². The maximum atomic E-state index is 12.6. The van der Waals surface area contributed by atoms with Crippen LogP contribution >= 0.6 is 11.6 Å². The molecule has 3 aromatic rings. The third kappa shape index (κ3) is 4.18. The van der Waals surface area contributed by atoms with E-state index in [1.807, 2.05) is 10.9 Å². The summed E-state index contributed by atoms with van der Waals surface area (Å²) in [5.41, 5.74) is 4.23. The SMILES string of the molecule is COC(=O)N1c2ccc3c(nc([C@H](C)Cn4cc(Cl)cn4)n3[C@H]3CCCNCC3)c2CC[C@@H]1C. The number of carbonyl (C=O) groups excluding carboxylic acids is 1. The molecule has 1 saturated heterocycles. The predicted molar refractivity (Wildman–Crippen MR) is 134 cm³/mol. The lowest BCUT2D eigenvalue weighted by atomic mass is 9.95. The van der Waals surface area contributed by atoms with Crippen molar-refractivity contribution >= 4 is 34.4 Å². The van der Waals surface area contributed by atoms with Gasteiger partial charge in [-0.3, -0.25) is 9.58 Å². The number of methoxy groups -OCH3 is 1. The Balaban J connectivity index is 1.63. The van der Waals surface area contributed by atoms with Crippen molar-refractivity contribution in [1.29, 1.82) is 0 Å². The van der Waals surface area contributed by atoms with Crippen LogP contribution in [-0.4, -0.2) is 51.7 Å². The molecule has 0 aliphatic carbocycles. The first-order valence-corrected chi connectivity index (χ1v) is 12.6. The lowest BCUT2D eigenvalue weighted by Gasteiger charge is -2.34. The first kappa shape index (κ1) is 23.2. The number of aromatic nitrogens is 4. The van der Waals surface area contributed by atoms with Gasteiger partial charge in [0.1, 0.15) is 5.82 Å². The van der Waals surface area contributed by atoms with Crippen LogP contribution in [0.25, 0.3) is 11.0 Å². The average molecular weight is 485 g/mol. The molecule has 1 aromatic carbocycles. The van der Waals surface area contributed by atoms with Crippen molar-refractivity contribution in [2.24, 2.45) is 0 Å². The molecule has 1 fully saturated rings. The molecular formula is C25H33ClN6O2. The molecule has 1 N–H and O–H groups in total. The van der Waals surface area contributed by atoms with Crippen LogP contribution in [0.15, 0.2) is 24.5 Å². The number of fused-ring (bicyclic) bond motifs is 3. The van der Waals surface area contributed by atoms with E-state index in [1.165, 1.54) is 7.11 Å². The summed E-state index contributed by atoms with van der Waals surface area (Å²) in [5, 5.41) is 8.57. The standard InChI is InChI=1S/C25H33ClN6O2/c1-16(14-30-15-18(26)13-28-30)24-29-23-20-7-6-17(2)31(25(33)34-3)21(20)8-9-22(23)32(24)19-5-4-11-27-12-10-19/h8-9,13,15-17,19,27H,4-7,10-12,14H2,1-3H3/t16-,17+,19+/m1/s1. The molecule has 182 valence electrons. The highest BCUT2D eigenvalue weighted by Gasteiger charge is 2.33. The number of hydrogen-bond acceptors (Lipinski definition) is 5. The fraction of sp³-hybridized carbons (Fsp3) is 0.560. The number of ether oxygens (including phenoxy) is 1. The Morgan fingerprint density at radius 1 is 1.29 bits per heavy atom. The molecule has 0 unspecified atom stereocenters. The van der Waals surface area contributed by atoms with Crippen molar-refractivity contribution in [1.82, 2.24) is 24.6 Å². The van der Waals surface area contributed by atoms with Gasteiger partial charge >= 0.3 is 6.09 Å². The molecule has 0 radical (unpaired) electrons. The van der Waals surface area contributed by atoms with Crippen LogP contribution in [0.4, 0.5) is 10.5 Å². The van der Waals surface area contributed by atoms with E-state index in [0.29, 0.717) is 17.6 Å². The molecule has 34 heavy (non-hydrogen) atoms. The van der Waals surface area contributed by atoms with Gasteiger partial charge in [0.2, 0.25) is 0 Å². The van der Waals surface area contributed by atoms with Gasteiger partial charge in [0, 0.05) is 29.8 Å². The summed E-state index contributed by atoms with van der Waals surface area (Å²) in [4.78, 5) is 19.6. The summed E-state index contributed by atoms with van der Waals surface area (Å²) < 4.78 is 9.47. The van der Waals surface area contributed by atoms with Crippen LogP contribution in [0, 0.1) is 0 Å². The number of carbonyl (C=O) groups is 1. The van der Waals surface area contributed by atoms with Crippen molar-refractivity contribution in [2.45, 2.75) is 70.5 Å². The highest BCUT2D eigenvalue weighted by atomic mass is 35.5. The van der Waals surface area contributed by atoms with Gasteiger partial charge < -0.3 is 14.6 Å². The monoisotopic (exact) mass is 484 g/mol. The van der Waals surface area contributed by atoms with E-state index in [0.717, 1.165) is 73.3 Å². The molecule has 3 atom stereocenters. The van der Waals surface area contributed by atoms with Gasteiger partial charge in [-0.05, 0) is 64.3 Å². The lowest BCUT2D eigenvalue weighted by Crippen LogP contribution is -2.42. The minimum Gasteiger partial charge on any atom is -0.452 e. The van der Waals surface area contributed by atoms with Gasteiger partial charge in [-0.1, -0.05) is 18.5 Å². The Kier molecular flexibility index (Phi) is 6.53. The number of rotatable bonds is 4. The predicted octanol–water partition coefficient (Wildman–Crippen LogP) is 4.91. The summed E-state index contributed by atoms with van der Waals surface area (Å²) in [5.74, 6) is 1.22. The highest BCUT2D eigenvalue weighted by Crippen LogP contribution is 2.39. The minimum atomic E-state index is -0.314. The first-order valence-electron chi connectivity index (χ1n) is 12.3. The number of nitrogens with zero attached hydrogens (tertiary/aromatic N) is 5. The number of imidazole rings is 1. The topological polar surface area (TPSA) is 77.2 Å². The number of hydrogen-bond donors (Lipinski definition) is 1. The summed E-state index contributed by atoms with van der Waals surface area (Å²) >= 11 is 6.11. The van der Waals surface area contributed by atoms with E-state index in [-0.39, 0.29) is 18.1 Å². The molecule has 8 nitrogen and oxygen atoms in total. The van der Waals surface area contributed by atoms with Crippen molar-refractivity contribution in [3.05, 3.63) is 40.9 Å². The number of nitrogens with one attached hydrogen (secondary N) is 1. The molecular weight excluding hydrogens is 452 g/mol. The zero-order valence-corrected chi connectivity index (χ0v) is 20.9. The molecule has 0 bridgehead atoms. The van der Waals surface area contributed by atoms with E-state index in [4.69, 9.17) is 21.3 Å². The van der Waals surface area contributed by atoms with Crippen molar-refractivity contribution in [3.63, 3.8) is 0 Å². The number of anilines is 1. The van der Waals surface area contributed by atoms with E-state index in [2.05, 4.69) is 41.0 Å². The zero-order valence-electron chi connectivity index (χ0n) is 20.1. The zero-order chi connectivity index (χ0) is 23.8. The average Bonchev–Trinajstić information content (AvgIpc) is 3.31. The molecule has 0 spiro atoms. The second kappa shape index (κ2) is 9.58. The molecule has 9 heteroatoms. The van der Waals surface area contributed by atoms with Gasteiger partial charge in [0.15, 0.2) is 0 Å². The van der Waals surface area contributed by atoms with Crippen LogP contribution in [0.1, 0.15) is 62.9 Å². The van der Waals surface area contributed by atoms with Crippen molar-refractivity contribution in [3.8, 4) is 0 Å². The lowest BCUT2D eigenvalue weighted by molar-refractivity contribution is 0.175. The quantitative estimate of drug-likeness (QED) is 0.569. The maximum absolute atomic E-state index is 12.6. The normalized spacial score (nSPS) is 21.8.